The molecular formula is C28H36N4O. The van der Waals surface area contributed by atoms with Crippen LogP contribution in [0.3, 0.4) is 0 Å². The van der Waals surface area contributed by atoms with Crippen molar-refractivity contribution in [1.29, 1.82) is 5.26 Å². The number of fused-ring (bicyclic) bond motifs is 1. The Balaban J connectivity index is 1.45. The van der Waals surface area contributed by atoms with Crippen LogP contribution >= 0.6 is 0 Å². The first kappa shape index (κ1) is 23.3. The molecule has 4 rings (SSSR count). The van der Waals surface area contributed by atoms with Crippen molar-refractivity contribution in [3.63, 3.8) is 0 Å². The van der Waals surface area contributed by atoms with Crippen molar-refractivity contribution >= 4 is 17.3 Å². The van der Waals surface area contributed by atoms with E-state index in [4.69, 9.17) is 0 Å². The molecule has 5 nitrogen and oxygen atoms in total. The van der Waals surface area contributed by atoms with E-state index in [2.05, 4.69) is 30.9 Å². The van der Waals surface area contributed by atoms with Crippen LogP contribution in [0, 0.1) is 11.3 Å². The van der Waals surface area contributed by atoms with Crippen molar-refractivity contribution in [2.75, 3.05) is 29.9 Å². The van der Waals surface area contributed by atoms with Crippen LogP contribution < -0.4 is 9.80 Å². The highest BCUT2D eigenvalue weighted by Crippen LogP contribution is 2.40. The largest absolute Gasteiger partial charge is 0.357 e. The summed E-state index contributed by atoms with van der Waals surface area (Å²) >= 11 is 0. The number of hydrogen-bond donors (Lipinski definition) is 0. The Morgan fingerprint density at radius 2 is 1.64 bits per heavy atom. The van der Waals surface area contributed by atoms with Crippen molar-refractivity contribution in [2.45, 2.75) is 70.5 Å². The fourth-order valence-corrected chi connectivity index (χ4v) is 5.59. The van der Waals surface area contributed by atoms with Gasteiger partial charge in [0, 0.05) is 25.7 Å². The Bertz CT molecular complexity index is 1000. The van der Waals surface area contributed by atoms with Gasteiger partial charge in [-0.3, -0.25) is 9.69 Å². The number of anilines is 2. The number of carbonyl (C=O) groups excluding carboxylic acids is 1. The van der Waals surface area contributed by atoms with E-state index in [1.807, 2.05) is 53.2 Å². The predicted octanol–water partition coefficient (Wildman–Crippen LogP) is 5.52. The second kappa shape index (κ2) is 10.4. The maximum atomic E-state index is 13.7. The standard InChI is InChI=1S/C28H36N4O/c1-21-11-9-12-22(2)31(21)17-7-4-8-18-32-26-16-6-5-15-25(26)30(3)27(28(32)33)24-14-10-13-23(19-24)20-29/h5-6,10,13-16,19,21-22,27H,4,7-9,11-12,17-18H2,1-3H3. The number of rotatable bonds is 7. The molecule has 2 aromatic carbocycles. The van der Waals surface area contributed by atoms with Gasteiger partial charge < -0.3 is 9.80 Å². The summed E-state index contributed by atoms with van der Waals surface area (Å²) in [6.07, 6.45) is 7.25. The molecule has 0 N–H and O–H groups in total. The molecule has 1 saturated heterocycles. The van der Waals surface area contributed by atoms with Gasteiger partial charge in [0.15, 0.2) is 0 Å². The molecule has 0 spiro atoms. The topological polar surface area (TPSA) is 50.6 Å². The highest BCUT2D eigenvalue weighted by Gasteiger charge is 2.37. The Labute approximate surface area is 198 Å². The van der Waals surface area contributed by atoms with Crippen LogP contribution in [-0.4, -0.2) is 43.0 Å². The van der Waals surface area contributed by atoms with E-state index in [-0.39, 0.29) is 5.91 Å². The number of nitriles is 1. The lowest BCUT2D eigenvalue weighted by molar-refractivity contribution is -0.120. The molecule has 2 aliphatic heterocycles. The number of benzene rings is 2. The number of hydrogen-bond acceptors (Lipinski definition) is 4. The minimum atomic E-state index is -0.414. The molecule has 3 atom stereocenters. The Hall–Kier alpha value is -2.84. The van der Waals surface area contributed by atoms with Crippen LogP contribution in [0.25, 0.3) is 0 Å². The first-order valence-electron chi connectivity index (χ1n) is 12.4. The van der Waals surface area contributed by atoms with Crippen molar-refractivity contribution in [3.05, 3.63) is 59.7 Å². The quantitative estimate of drug-likeness (QED) is 0.528. The molecule has 0 radical (unpaired) electrons. The molecule has 2 aliphatic rings. The Morgan fingerprint density at radius 1 is 0.939 bits per heavy atom. The van der Waals surface area contributed by atoms with Crippen LogP contribution in [-0.2, 0) is 4.79 Å². The van der Waals surface area contributed by atoms with E-state index >= 15 is 0 Å². The number of para-hydroxylation sites is 2. The highest BCUT2D eigenvalue weighted by molar-refractivity contribution is 6.05. The highest BCUT2D eigenvalue weighted by atomic mass is 16.2. The molecule has 0 saturated carbocycles. The summed E-state index contributed by atoms with van der Waals surface area (Å²) in [6.45, 7) is 6.59. The molecule has 5 heteroatoms. The van der Waals surface area contributed by atoms with Gasteiger partial charge in [0.2, 0.25) is 0 Å². The first-order valence-corrected chi connectivity index (χ1v) is 12.4. The van der Waals surface area contributed by atoms with Crippen LogP contribution in [0.1, 0.15) is 69.5 Å². The zero-order chi connectivity index (χ0) is 23.4. The Kier molecular flexibility index (Phi) is 7.35. The fourth-order valence-electron chi connectivity index (χ4n) is 5.59. The van der Waals surface area contributed by atoms with Crippen molar-refractivity contribution in [2.24, 2.45) is 0 Å². The molecule has 0 aliphatic carbocycles. The minimum Gasteiger partial charge on any atom is -0.357 e. The smallest absolute Gasteiger partial charge is 0.254 e. The maximum Gasteiger partial charge on any atom is 0.254 e. The van der Waals surface area contributed by atoms with Crippen molar-refractivity contribution in [1.82, 2.24) is 4.90 Å². The molecule has 1 fully saturated rings. The van der Waals surface area contributed by atoms with Gasteiger partial charge in [-0.2, -0.15) is 5.26 Å². The van der Waals surface area contributed by atoms with Gasteiger partial charge in [-0.05, 0) is 75.9 Å². The molecule has 1 amide bonds. The predicted molar refractivity (Wildman–Crippen MR) is 134 cm³/mol. The van der Waals surface area contributed by atoms with Crippen molar-refractivity contribution in [3.8, 4) is 6.07 Å². The number of carbonyl (C=O) groups is 1. The van der Waals surface area contributed by atoms with Gasteiger partial charge >= 0.3 is 0 Å². The number of piperidine rings is 1. The lowest BCUT2D eigenvalue weighted by atomic mass is 9.97. The third-order valence-corrected chi connectivity index (χ3v) is 7.45. The zero-order valence-electron chi connectivity index (χ0n) is 20.2. The van der Waals surface area contributed by atoms with Crippen molar-refractivity contribution < 1.29 is 4.79 Å². The van der Waals surface area contributed by atoms with E-state index in [1.165, 1.54) is 25.7 Å². The molecule has 0 aromatic heterocycles. The monoisotopic (exact) mass is 444 g/mol. The normalized spacial score (nSPS) is 23.3. The third kappa shape index (κ3) is 4.91. The molecular weight excluding hydrogens is 408 g/mol. The average Bonchev–Trinajstić information content (AvgIpc) is 2.82. The zero-order valence-corrected chi connectivity index (χ0v) is 20.2. The van der Waals surface area contributed by atoms with Crippen LogP contribution in [0.15, 0.2) is 48.5 Å². The number of likely N-dealkylation sites (tertiary alicyclic amines) is 1. The van der Waals surface area contributed by atoms with Gasteiger partial charge in [0.25, 0.3) is 5.91 Å². The number of likely N-dealkylation sites (N-methyl/N-ethyl adjacent to an activating group) is 1. The molecule has 174 valence electrons. The summed E-state index contributed by atoms with van der Waals surface area (Å²) < 4.78 is 0. The van der Waals surface area contributed by atoms with Gasteiger partial charge in [-0.25, -0.2) is 0 Å². The molecule has 2 aromatic rings. The number of nitrogens with zero attached hydrogens (tertiary/aromatic N) is 4. The summed E-state index contributed by atoms with van der Waals surface area (Å²) in [5, 5.41) is 9.33. The maximum absolute atomic E-state index is 13.7. The van der Waals surface area contributed by atoms with E-state index < -0.39 is 6.04 Å². The summed E-state index contributed by atoms with van der Waals surface area (Å²) in [5.74, 6) is 0.0876. The molecule has 2 heterocycles. The first-order chi connectivity index (χ1) is 16.0. The van der Waals surface area contributed by atoms with Gasteiger partial charge in [0.05, 0.1) is 23.0 Å². The van der Waals surface area contributed by atoms with Gasteiger partial charge in [0.1, 0.15) is 6.04 Å². The van der Waals surface area contributed by atoms with Crippen LogP contribution in [0.5, 0.6) is 0 Å². The SMILES string of the molecule is CC1CCCC(C)N1CCCCCN1C(=O)C(c2cccc(C#N)c2)N(C)c2ccccc21. The molecule has 3 unspecified atom stereocenters. The van der Waals surface area contributed by atoms with E-state index in [1.54, 1.807) is 6.07 Å². The van der Waals surface area contributed by atoms with E-state index in [9.17, 15) is 10.1 Å². The molecule has 33 heavy (non-hydrogen) atoms. The second-order valence-corrected chi connectivity index (χ2v) is 9.66. The second-order valence-electron chi connectivity index (χ2n) is 9.66. The van der Waals surface area contributed by atoms with Gasteiger partial charge in [-0.15, -0.1) is 0 Å². The summed E-state index contributed by atoms with van der Waals surface area (Å²) in [4.78, 5) is 20.4. The average molecular weight is 445 g/mol. The van der Waals surface area contributed by atoms with Gasteiger partial charge in [-0.1, -0.05) is 37.1 Å². The number of unbranched alkanes of at least 4 members (excludes halogenated alkanes) is 2. The number of amides is 1. The summed E-state index contributed by atoms with van der Waals surface area (Å²) in [6, 6.07) is 18.7. The lowest BCUT2D eigenvalue weighted by Gasteiger charge is -2.41. The summed E-state index contributed by atoms with van der Waals surface area (Å²) in [7, 11) is 1.97. The van der Waals surface area contributed by atoms with E-state index in [0.29, 0.717) is 17.6 Å². The fraction of sp³-hybridized carbons (Fsp3) is 0.500. The minimum absolute atomic E-state index is 0.0876. The molecule has 0 bridgehead atoms. The third-order valence-electron chi connectivity index (χ3n) is 7.45. The Morgan fingerprint density at radius 3 is 2.36 bits per heavy atom. The van der Waals surface area contributed by atoms with Crippen LogP contribution in [0.4, 0.5) is 11.4 Å². The summed E-state index contributed by atoms with van der Waals surface area (Å²) in [5.41, 5.74) is 3.49. The lowest BCUT2D eigenvalue weighted by Crippen LogP contribution is -2.47. The van der Waals surface area contributed by atoms with E-state index in [0.717, 1.165) is 42.9 Å². The van der Waals surface area contributed by atoms with Crippen LogP contribution in [0.2, 0.25) is 0 Å².